The van der Waals surface area contributed by atoms with Gasteiger partial charge in [-0.05, 0) is 51.2 Å². The van der Waals surface area contributed by atoms with Crippen molar-refractivity contribution in [1.29, 1.82) is 0 Å². The smallest absolute Gasteiger partial charge is 0.181 e. The van der Waals surface area contributed by atoms with Gasteiger partial charge in [0, 0.05) is 0 Å². The van der Waals surface area contributed by atoms with Crippen LogP contribution in [0, 0.1) is 13.8 Å². The van der Waals surface area contributed by atoms with Crippen LogP contribution in [-0.2, 0) is 9.84 Å². The van der Waals surface area contributed by atoms with Crippen molar-refractivity contribution in [3.05, 3.63) is 29.3 Å². The molecule has 0 atom stereocenters. The van der Waals surface area contributed by atoms with Crippen molar-refractivity contribution in [3.8, 4) is 0 Å². The van der Waals surface area contributed by atoms with Crippen molar-refractivity contribution in [1.82, 2.24) is 0 Å². The van der Waals surface area contributed by atoms with Gasteiger partial charge in [0.15, 0.2) is 9.84 Å². The molecule has 0 bridgehead atoms. The number of aliphatic hydroxyl groups excluding tert-OH is 1. The predicted octanol–water partition coefficient (Wildman–Crippen LogP) is 2.38. The van der Waals surface area contributed by atoms with E-state index in [1.807, 2.05) is 26.0 Å². The molecule has 0 aliphatic heterocycles. The van der Waals surface area contributed by atoms with Crippen LogP contribution in [0.3, 0.4) is 0 Å². The van der Waals surface area contributed by atoms with Crippen LogP contribution >= 0.6 is 0 Å². The molecule has 1 aromatic carbocycles. The lowest BCUT2D eigenvalue weighted by Crippen LogP contribution is -2.29. The van der Waals surface area contributed by atoms with Crippen LogP contribution in [0.1, 0.15) is 36.8 Å². The largest absolute Gasteiger partial charge is 0.393 e. The Kier molecular flexibility index (Phi) is 3.78. The highest BCUT2D eigenvalue weighted by atomic mass is 32.2. The third-order valence-electron chi connectivity index (χ3n) is 3.72. The highest BCUT2D eigenvalue weighted by Gasteiger charge is 2.32. The third kappa shape index (κ3) is 2.59. The van der Waals surface area contributed by atoms with E-state index >= 15 is 0 Å². The minimum Gasteiger partial charge on any atom is -0.393 e. The van der Waals surface area contributed by atoms with Crippen molar-refractivity contribution in [2.24, 2.45) is 0 Å². The van der Waals surface area contributed by atoms with E-state index in [1.165, 1.54) is 0 Å². The monoisotopic (exact) mass is 268 g/mol. The molecule has 0 amide bonds. The first-order valence-corrected chi connectivity index (χ1v) is 7.95. The fourth-order valence-corrected chi connectivity index (χ4v) is 4.67. The zero-order valence-corrected chi connectivity index (χ0v) is 11.7. The number of benzene rings is 1. The van der Waals surface area contributed by atoms with Gasteiger partial charge in [-0.3, -0.25) is 0 Å². The van der Waals surface area contributed by atoms with E-state index in [4.69, 9.17) is 0 Å². The standard InChI is InChI=1S/C14H20O3S/c1-10-3-8-14(11(2)9-10)18(16,17)13-6-4-12(15)5-7-13/h3,8-9,12-13,15H,4-7H2,1-2H3. The predicted molar refractivity (Wildman–Crippen MR) is 71.4 cm³/mol. The van der Waals surface area contributed by atoms with Crippen LogP contribution in [-0.4, -0.2) is 24.9 Å². The fourth-order valence-electron chi connectivity index (χ4n) is 2.65. The SMILES string of the molecule is Cc1ccc(S(=O)(=O)C2CCC(O)CC2)c(C)c1. The Hall–Kier alpha value is -0.870. The summed E-state index contributed by atoms with van der Waals surface area (Å²) in [6, 6.07) is 5.47. The lowest BCUT2D eigenvalue weighted by molar-refractivity contribution is 0.131. The van der Waals surface area contributed by atoms with E-state index in [0.29, 0.717) is 30.6 Å². The second kappa shape index (κ2) is 5.02. The van der Waals surface area contributed by atoms with Crippen LogP contribution in [0.25, 0.3) is 0 Å². The van der Waals surface area contributed by atoms with E-state index in [0.717, 1.165) is 11.1 Å². The number of aryl methyl sites for hydroxylation is 2. The molecule has 1 aliphatic rings. The van der Waals surface area contributed by atoms with Crippen molar-refractivity contribution in [2.75, 3.05) is 0 Å². The van der Waals surface area contributed by atoms with Crippen molar-refractivity contribution in [2.45, 2.75) is 55.8 Å². The maximum absolute atomic E-state index is 12.5. The molecule has 0 aromatic heterocycles. The molecule has 1 aliphatic carbocycles. The quantitative estimate of drug-likeness (QED) is 0.896. The molecule has 1 fully saturated rings. The van der Waals surface area contributed by atoms with Crippen LogP contribution in [0.4, 0.5) is 0 Å². The molecule has 0 heterocycles. The Morgan fingerprint density at radius 1 is 1.11 bits per heavy atom. The van der Waals surface area contributed by atoms with Crippen LogP contribution in [0.5, 0.6) is 0 Å². The Labute approximate surface area is 109 Å². The molecule has 1 N–H and O–H groups in total. The van der Waals surface area contributed by atoms with Gasteiger partial charge in [0.05, 0.1) is 16.2 Å². The van der Waals surface area contributed by atoms with Crippen LogP contribution in [0.2, 0.25) is 0 Å². The van der Waals surface area contributed by atoms with Gasteiger partial charge < -0.3 is 5.11 Å². The summed E-state index contributed by atoms with van der Waals surface area (Å²) < 4.78 is 25.1. The summed E-state index contributed by atoms with van der Waals surface area (Å²) in [4.78, 5) is 0.453. The van der Waals surface area contributed by atoms with E-state index in [-0.39, 0.29) is 11.4 Å². The number of sulfone groups is 1. The maximum Gasteiger partial charge on any atom is 0.181 e. The van der Waals surface area contributed by atoms with Crippen molar-refractivity contribution >= 4 is 9.84 Å². The van der Waals surface area contributed by atoms with Gasteiger partial charge in [-0.25, -0.2) is 8.42 Å². The first kappa shape index (κ1) is 13.6. The lowest BCUT2D eigenvalue weighted by Gasteiger charge is -2.25. The molecule has 0 unspecified atom stereocenters. The van der Waals surface area contributed by atoms with Crippen molar-refractivity contribution in [3.63, 3.8) is 0 Å². The average molecular weight is 268 g/mol. The number of aliphatic hydroxyl groups is 1. The Morgan fingerprint density at radius 3 is 2.28 bits per heavy atom. The van der Waals surface area contributed by atoms with Crippen LogP contribution in [0.15, 0.2) is 23.1 Å². The molecule has 2 rings (SSSR count). The minimum absolute atomic E-state index is 0.324. The number of hydrogen-bond acceptors (Lipinski definition) is 3. The highest BCUT2D eigenvalue weighted by molar-refractivity contribution is 7.92. The van der Waals surface area contributed by atoms with E-state index in [9.17, 15) is 13.5 Å². The summed E-state index contributed by atoms with van der Waals surface area (Å²) in [6.45, 7) is 3.80. The van der Waals surface area contributed by atoms with Gasteiger partial charge in [-0.15, -0.1) is 0 Å². The molecule has 18 heavy (non-hydrogen) atoms. The normalized spacial score (nSPS) is 25.1. The lowest BCUT2D eigenvalue weighted by atomic mass is 9.97. The molecule has 1 aromatic rings. The second-order valence-electron chi connectivity index (χ2n) is 5.24. The van der Waals surface area contributed by atoms with E-state index in [1.54, 1.807) is 6.07 Å². The Bertz CT molecular complexity index is 526. The van der Waals surface area contributed by atoms with Gasteiger partial charge in [-0.1, -0.05) is 17.7 Å². The molecule has 1 saturated carbocycles. The van der Waals surface area contributed by atoms with Gasteiger partial charge in [0.2, 0.25) is 0 Å². The van der Waals surface area contributed by atoms with Gasteiger partial charge in [0.25, 0.3) is 0 Å². The molecule has 100 valence electrons. The average Bonchev–Trinajstić information content (AvgIpc) is 2.29. The summed E-state index contributed by atoms with van der Waals surface area (Å²) in [7, 11) is -3.24. The topological polar surface area (TPSA) is 54.4 Å². The Balaban J connectivity index is 2.30. The van der Waals surface area contributed by atoms with Gasteiger partial charge >= 0.3 is 0 Å². The summed E-state index contributed by atoms with van der Waals surface area (Å²) in [5, 5.41) is 9.13. The first-order chi connectivity index (χ1) is 8.41. The fraction of sp³-hybridized carbons (Fsp3) is 0.571. The summed E-state index contributed by atoms with van der Waals surface area (Å²) >= 11 is 0. The zero-order chi connectivity index (χ0) is 13.3. The summed E-state index contributed by atoms with van der Waals surface area (Å²) in [6.07, 6.45) is 1.99. The first-order valence-electron chi connectivity index (χ1n) is 6.40. The summed E-state index contributed by atoms with van der Waals surface area (Å²) in [5.41, 5.74) is 1.90. The molecule has 3 nitrogen and oxygen atoms in total. The molecule has 0 spiro atoms. The third-order valence-corrected chi connectivity index (χ3v) is 6.14. The Morgan fingerprint density at radius 2 is 1.72 bits per heavy atom. The van der Waals surface area contributed by atoms with Gasteiger partial charge in [-0.2, -0.15) is 0 Å². The molecule has 0 radical (unpaired) electrons. The van der Waals surface area contributed by atoms with Crippen molar-refractivity contribution < 1.29 is 13.5 Å². The minimum atomic E-state index is -3.24. The van der Waals surface area contributed by atoms with E-state index < -0.39 is 9.84 Å². The molecular formula is C14H20O3S. The maximum atomic E-state index is 12.5. The van der Waals surface area contributed by atoms with Crippen LogP contribution < -0.4 is 0 Å². The number of hydrogen-bond donors (Lipinski definition) is 1. The van der Waals surface area contributed by atoms with Gasteiger partial charge in [0.1, 0.15) is 0 Å². The zero-order valence-electron chi connectivity index (χ0n) is 10.9. The molecular weight excluding hydrogens is 248 g/mol. The second-order valence-corrected chi connectivity index (χ2v) is 7.44. The molecule has 0 saturated heterocycles. The summed E-state index contributed by atoms with van der Waals surface area (Å²) in [5.74, 6) is 0. The molecule has 4 heteroatoms. The van der Waals surface area contributed by atoms with E-state index in [2.05, 4.69) is 0 Å². The number of rotatable bonds is 2. The highest BCUT2D eigenvalue weighted by Crippen LogP contribution is 2.30.